The first kappa shape index (κ1) is 11.0. The highest BCUT2D eigenvalue weighted by Gasteiger charge is 2.15. The van der Waals surface area contributed by atoms with Gasteiger partial charge in [-0.3, -0.25) is 10.1 Å². The number of nitro benzene ring substituents is 1. The summed E-state index contributed by atoms with van der Waals surface area (Å²) < 4.78 is 5.11. The van der Waals surface area contributed by atoms with Gasteiger partial charge in [0.15, 0.2) is 5.75 Å². The minimum atomic E-state index is -0.508. The van der Waals surface area contributed by atoms with E-state index in [0.717, 1.165) is 0 Å². The zero-order valence-electron chi connectivity index (χ0n) is 8.27. The average Bonchev–Trinajstić information content (AvgIpc) is 2.21. The zero-order chi connectivity index (χ0) is 11.3. The van der Waals surface area contributed by atoms with Crippen molar-refractivity contribution in [2.75, 3.05) is 6.61 Å². The van der Waals surface area contributed by atoms with Crippen LogP contribution in [-0.4, -0.2) is 11.5 Å². The lowest BCUT2D eigenvalue weighted by Crippen LogP contribution is -1.98. The molecule has 0 N–H and O–H groups in total. The molecule has 1 rings (SSSR count). The van der Waals surface area contributed by atoms with Crippen molar-refractivity contribution in [3.8, 4) is 11.8 Å². The molecule has 1 aromatic rings. The third-order valence-corrected chi connectivity index (χ3v) is 1.80. The summed E-state index contributed by atoms with van der Waals surface area (Å²) in [5.41, 5.74) is 0.525. The Morgan fingerprint density at radius 3 is 2.87 bits per heavy atom. The molecule has 0 saturated heterocycles. The molecule has 0 heterocycles. The van der Waals surface area contributed by atoms with Crippen molar-refractivity contribution in [1.82, 2.24) is 0 Å². The fraction of sp³-hybridized carbons (Fsp3) is 0.300. The van der Waals surface area contributed by atoms with Crippen molar-refractivity contribution >= 4 is 5.69 Å². The van der Waals surface area contributed by atoms with E-state index in [1.165, 1.54) is 12.1 Å². The topological polar surface area (TPSA) is 76.2 Å². The van der Waals surface area contributed by atoms with E-state index in [1.807, 2.05) is 6.07 Å². The van der Waals surface area contributed by atoms with Gasteiger partial charge in [0.1, 0.15) is 0 Å². The number of nitriles is 1. The number of nitro groups is 1. The van der Waals surface area contributed by atoms with Gasteiger partial charge < -0.3 is 4.74 Å². The van der Waals surface area contributed by atoms with Gasteiger partial charge in [0.25, 0.3) is 0 Å². The van der Waals surface area contributed by atoms with Crippen molar-refractivity contribution in [3.05, 3.63) is 33.9 Å². The van der Waals surface area contributed by atoms with E-state index in [9.17, 15) is 10.1 Å². The number of hydrogen-bond donors (Lipinski definition) is 0. The molecule has 5 nitrogen and oxygen atoms in total. The largest absolute Gasteiger partial charge is 0.487 e. The van der Waals surface area contributed by atoms with Gasteiger partial charge in [-0.2, -0.15) is 5.26 Å². The quantitative estimate of drug-likeness (QED) is 0.558. The van der Waals surface area contributed by atoms with Crippen LogP contribution in [0.25, 0.3) is 0 Å². The Labute approximate surface area is 87.1 Å². The lowest BCUT2D eigenvalue weighted by molar-refractivity contribution is -0.385. The molecule has 0 aliphatic rings. The van der Waals surface area contributed by atoms with E-state index in [0.29, 0.717) is 12.2 Å². The molecule has 0 bridgehead atoms. The second-order valence-electron chi connectivity index (χ2n) is 2.83. The molecule has 1 aromatic carbocycles. The van der Waals surface area contributed by atoms with Crippen LogP contribution in [-0.2, 0) is 6.42 Å². The lowest BCUT2D eigenvalue weighted by Gasteiger charge is -2.04. The monoisotopic (exact) mass is 206 g/mol. The van der Waals surface area contributed by atoms with Crippen LogP contribution in [0, 0.1) is 21.4 Å². The number of ether oxygens (including phenoxy) is 1. The lowest BCUT2D eigenvalue weighted by atomic mass is 10.1. The summed E-state index contributed by atoms with van der Waals surface area (Å²) in [6.07, 6.45) is 0.160. The van der Waals surface area contributed by atoms with Crippen LogP contribution in [0.5, 0.6) is 5.75 Å². The van der Waals surface area contributed by atoms with E-state index in [1.54, 1.807) is 13.0 Å². The fourth-order valence-electron chi connectivity index (χ4n) is 1.18. The maximum atomic E-state index is 10.7. The highest BCUT2D eigenvalue weighted by molar-refractivity contribution is 5.49. The summed E-state index contributed by atoms with van der Waals surface area (Å²) in [7, 11) is 0. The van der Waals surface area contributed by atoms with Gasteiger partial charge in [0, 0.05) is 6.07 Å². The Bertz CT molecular complexity index is 410. The second kappa shape index (κ2) is 4.96. The molecule has 0 aliphatic carbocycles. The summed E-state index contributed by atoms with van der Waals surface area (Å²) in [4.78, 5) is 10.2. The van der Waals surface area contributed by atoms with E-state index in [-0.39, 0.29) is 17.9 Å². The molecule has 0 unspecified atom stereocenters. The minimum absolute atomic E-state index is 0.0930. The van der Waals surface area contributed by atoms with E-state index in [4.69, 9.17) is 10.00 Å². The Hall–Kier alpha value is -2.09. The van der Waals surface area contributed by atoms with E-state index in [2.05, 4.69) is 0 Å². The molecule has 0 amide bonds. The van der Waals surface area contributed by atoms with Gasteiger partial charge in [-0.15, -0.1) is 0 Å². The Morgan fingerprint density at radius 1 is 1.60 bits per heavy atom. The van der Waals surface area contributed by atoms with Gasteiger partial charge >= 0.3 is 5.69 Å². The van der Waals surface area contributed by atoms with Crippen molar-refractivity contribution in [1.29, 1.82) is 5.26 Å². The molecule has 0 fully saturated rings. The summed E-state index contributed by atoms with van der Waals surface area (Å²) >= 11 is 0. The second-order valence-corrected chi connectivity index (χ2v) is 2.83. The molecule has 15 heavy (non-hydrogen) atoms. The van der Waals surface area contributed by atoms with Crippen LogP contribution in [0.3, 0.4) is 0 Å². The summed E-state index contributed by atoms with van der Waals surface area (Å²) in [5.74, 6) is 0.240. The maximum Gasteiger partial charge on any atom is 0.311 e. The SMILES string of the molecule is CCOc1ccc(CC#N)cc1[N+](=O)[O-]. The predicted octanol–water partition coefficient (Wildman–Crippen LogP) is 2.06. The van der Waals surface area contributed by atoms with Crippen molar-refractivity contribution in [3.63, 3.8) is 0 Å². The number of rotatable bonds is 4. The molecule has 0 radical (unpaired) electrons. The highest BCUT2D eigenvalue weighted by atomic mass is 16.6. The third kappa shape index (κ3) is 2.68. The highest BCUT2D eigenvalue weighted by Crippen LogP contribution is 2.27. The molecular formula is C10H10N2O3. The van der Waals surface area contributed by atoms with Crippen molar-refractivity contribution in [2.45, 2.75) is 13.3 Å². The molecule has 0 atom stereocenters. The summed E-state index contributed by atoms with van der Waals surface area (Å²) in [6.45, 7) is 2.13. The summed E-state index contributed by atoms with van der Waals surface area (Å²) in [6, 6.07) is 6.48. The number of benzene rings is 1. The zero-order valence-corrected chi connectivity index (χ0v) is 8.27. The van der Waals surface area contributed by atoms with Crippen LogP contribution >= 0.6 is 0 Å². The fourth-order valence-corrected chi connectivity index (χ4v) is 1.18. The molecular weight excluding hydrogens is 196 g/mol. The Morgan fingerprint density at radius 2 is 2.33 bits per heavy atom. The first-order valence-electron chi connectivity index (χ1n) is 4.46. The van der Waals surface area contributed by atoms with Crippen molar-refractivity contribution < 1.29 is 9.66 Å². The Balaban J connectivity index is 3.10. The van der Waals surface area contributed by atoms with E-state index < -0.39 is 4.92 Å². The van der Waals surface area contributed by atoms with Crippen LogP contribution < -0.4 is 4.74 Å². The first-order chi connectivity index (χ1) is 7.19. The van der Waals surface area contributed by atoms with Crippen LogP contribution in [0.15, 0.2) is 18.2 Å². The van der Waals surface area contributed by atoms with Crippen molar-refractivity contribution in [2.24, 2.45) is 0 Å². The normalized spacial score (nSPS) is 9.33. The standard InChI is InChI=1S/C10H10N2O3/c1-2-15-10-4-3-8(5-6-11)7-9(10)12(13)14/h3-4,7H,2,5H2,1H3. The average molecular weight is 206 g/mol. The predicted molar refractivity (Wildman–Crippen MR) is 53.6 cm³/mol. The first-order valence-corrected chi connectivity index (χ1v) is 4.46. The minimum Gasteiger partial charge on any atom is -0.487 e. The van der Waals surface area contributed by atoms with Gasteiger partial charge in [0.05, 0.1) is 24.0 Å². The summed E-state index contributed by atoms with van der Waals surface area (Å²) in [5, 5.41) is 19.2. The van der Waals surface area contributed by atoms with Crippen LogP contribution in [0.1, 0.15) is 12.5 Å². The van der Waals surface area contributed by atoms with Crippen LogP contribution in [0.4, 0.5) is 5.69 Å². The molecule has 0 spiro atoms. The number of hydrogen-bond acceptors (Lipinski definition) is 4. The van der Waals surface area contributed by atoms with Gasteiger partial charge in [-0.1, -0.05) is 6.07 Å². The Kier molecular flexibility index (Phi) is 3.63. The van der Waals surface area contributed by atoms with Crippen LogP contribution in [0.2, 0.25) is 0 Å². The van der Waals surface area contributed by atoms with Gasteiger partial charge in [-0.05, 0) is 18.6 Å². The van der Waals surface area contributed by atoms with E-state index >= 15 is 0 Å². The number of nitrogens with zero attached hydrogens (tertiary/aromatic N) is 2. The molecule has 0 saturated carbocycles. The van der Waals surface area contributed by atoms with Gasteiger partial charge in [0.2, 0.25) is 0 Å². The smallest absolute Gasteiger partial charge is 0.311 e. The maximum absolute atomic E-state index is 10.7. The molecule has 5 heteroatoms. The molecule has 78 valence electrons. The van der Waals surface area contributed by atoms with Gasteiger partial charge in [-0.25, -0.2) is 0 Å². The molecule has 0 aliphatic heterocycles. The third-order valence-electron chi connectivity index (χ3n) is 1.80. The molecule has 0 aromatic heterocycles.